The summed E-state index contributed by atoms with van der Waals surface area (Å²) in [6, 6.07) is 6.53. The van der Waals surface area contributed by atoms with Crippen LogP contribution in [0.5, 0.6) is 5.75 Å². The Hall–Kier alpha value is -2.56. The quantitative estimate of drug-likeness (QED) is 0.247. The van der Waals surface area contributed by atoms with Gasteiger partial charge in [-0.15, -0.1) is 0 Å². The predicted octanol–water partition coefficient (Wildman–Crippen LogP) is 8.61. The van der Waals surface area contributed by atoms with Crippen LogP contribution in [0, 0.1) is 29.2 Å². The smallest absolute Gasteiger partial charge is 0.200 e. The molecule has 1 saturated carbocycles. The summed E-state index contributed by atoms with van der Waals surface area (Å²) in [6.45, 7) is 3.92. The predicted molar refractivity (Wildman–Crippen MR) is 129 cm³/mol. The largest absolute Gasteiger partial charge is 0.491 e. The zero-order valence-corrected chi connectivity index (χ0v) is 20.1. The van der Waals surface area contributed by atoms with Crippen LogP contribution < -0.4 is 4.74 Å². The highest BCUT2D eigenvalue weighted by molar-refractivity contribution is 5.32. The van der Waals surface area contributed by atoms with Gasteiger partial charge in [0.25, 0.3) is 0 Å². The lowest BCUT2D eigenvalue weighted by atomic mass is 9.78. The molecule has 1 aliphatic carbocycles. The maximum absolute atomic E-state index is 14.7. The minimum absolute atomic E-state index is 0.0321. The molecule has 3 rings (SSSR count). The Bertz CT molecular complexity index is 1000. The van der Waals surface area contributed by atoms with Gasteiger partial charge in [-0.05, 0) is 99.8 Å². The van der Waals surface area contributed by atoms with Crippen molar-refractivity contribution in [2.75, 3.05) is 6.61 Å². The van der Waals surface area contributed by atoms with Crippen molar-refractivity contribution in [2.24, 2.45) is 5.92 Å². The topological polar surface area (TPSA) is 9.23 Å². The second-order valence-electron chi connectivity index (χ2n) is 8.91. The van der Waals surface area contributed by atoms with E-state index in [-0.39, 0.29) is 18.3 Å². The van der Waals surface area contributed by atoms with Gasteiger partial charge in [-0.2, -0.15) is 4.39 Å². The Labute approximate surface area is 200 Å². The molecule has 5 heteroatoms. The summed E-state index contributed by atoms with van der Waals surface area (Å²) in [5, 5.41) is 0. The molecule has 0 aliphatic heterocycles. The van der Waals surface area contributed by atoms with Crippen LogP contribution in [0.3, 0.4) is 0 Å². The Kier molecular flexibility index (Phi) is 9.79. The fourth-order valence-electron chi connectivity index (χ4n) is 4.70. The molecule has 0 N–H and O–H groups in total. The molecule has 1 nitrogen and oxygen atoms in total. The lowest BCUT2D eigenvalue weighted by Gasteiger charge is -2.27. The van der Waals surface area contributed by atoms with Crippen molar-refractivity contribution >= 4 is 0 Å². The van der Waals surface area contributed by atoms with Gasteiger partial charge in [0.15, 0.2) is 23.2 Å². The third-order valence-electron chi connectivity index (χ3n) is 6.64. The standard InChI is InChI=1S/C29H34F4O/c1-3-5-6-10-22-16-18-24(28(32)26(22)30)21-14-12-20(13-15-21)9-7-8-11-23-17-19-25(34-4-2)29(33)27(23)31/h3,5,7,9,16-21H,4,6,8,10-15H2,1-2H3/b5-3+,9-7+. The summed E-state index contributed by atoms with van der Waals surface area (Å²) in [4.78, 5) is 0. The molecule has 1 aliphatic rings. The molecule has 0 atom stereocenters. The molecule has 0 unspecified atom stereocenters. The summed E-state index contributed by atoms with van der Waals surface area (Å²) in [7, 11) is 0. The number of benzene rings is 2. The minimum atomic E-state index is -0.934. The van der Waals surface area contributed by atoms with Crippen LogP contribution >= 0.6 is 0 Å². The van der Waals surface area contributed by atoms with Crippen LogP contribution in [0.2, 0.25) is 0 Å². The van der Waals surface area contributed by atoms with Crippen molar-refractivity contribution in [3.8, 4) is 5.75 Å². The number of ether oxygens (including phenoxy) is 1. The molecule has 0 heterocycles. The lowest BCUT2D eigenvalue weighted by molar-refractivity contribution is 0.313. The first kappa shape index (κ1) is 26.1. The average molecular weight is 475 g/mol. The van der Waals surface area contributed by atoms with Crippen molar-refractivity contribution in [3.05, 3.63) is 88.5 Å². The number of aryl methyl sites for hydroxylation is 2. The van der Waals surface area contributed by atoms with Gasteiger partial charge in [0.1, 0.15) is 0 Å². The third kappa shape index (κ3) is 6.52. The summed E-state index contributed by atoms with van der Waals surface area (Å²) in [5.74, 6) is -2.84. The summed E-state index contributed by atoms with van der Waals surface area (Å²) < 4.78 is 62.5. The molecule has 2 aromatic carbocycles. The second-order valence-corrected chi connectivity index (χ2v) is 8.91. The first-order valence-electron chi connectivity index (χ1n) is 12.3. The molecule has 0 radical (unpaired) electrons. The van der Waals surface area contributed by atoms with Crippen molar-refractivity contribution in [1.82, 2.24) is 0 Å². The van der Waals surface area contributed by atoms with Crippen molar-refractivity contribution in [2.45, 2.75) is 71.1 Å². The summed E-state index contributed by atoms with van der Waals surface area (Å²) >= 11 is 0. The fraction of sp³-hybridized carbons (Fsp3) is 0.448. The third-order valence-corrected chi connectivity index (χ3v) is 6.64. The van der Waals surface area contributed by atoms with E-state index in [1.54, 1.807) is 25.1 Å². The first-order valence-corrected chi connectivity index (χ1v) is 12.3. The number of allylic oxidation sites excluding steroid dienone is 4. The van der Waals surface area contributed by atoms with Crippen LogP contribution in [-0.4, -0.2) is 6.61 Å². The molecule has 0 aromatic heterocycles. The Morgan fingerprint density at radius 1 is 0.794 bits per heavy atom. The molecule has 2 aromatic rings. The van der Waals surface area contributed by atoms with Gasteiger partial charge in [-0.1, -0.05) is 42.5 Å². The van der Waals surface area contributed by atoms with Gasteiger partial charge >= 0.3 is 0 Å². The summed E-state index contributed by atoms with van der Waals surface area (Å²) in [5.41, 5.74) is 1.25. The molecule has 0 saturated heterocycles. The molecule has 0 spiro atoms. The van der Waals surface area contributed by atoms with E-state index in [1.165, 1.54) is 6.07 Å². The molecule has 0 bridgehead atoms. The SMILES string of the molecule is C/C=C/CCc1ccc(C2CCC(/C=C/CCc3ccc(OCC)c(F)c3F)CC2)c(F)c1F. The van der Waals surface area contributed by atoms with E-state index >= 15 is 0 Å². The maximum Gasteiger partial charge on any atom is 0.200 e. The Balaban J connectivity index is 1.50. The van der Waals surface area contributed by atoms with E-state index in [1.807, 2.05) is 25.2 Å². The molecule has 0 amide bonds. The van der Waals surface area contributed by atoms with Gasteiger partial charge in [-0.3, -0.25) is 0 Å². The van der Waals surface area contributed by atoms with Gasteiger partial charge in [0.2, 0.25) is 5.82 Å². The molecule has 1 fully saturated rings. The van der Waals surface area contributed by atoms with E-state index in [0.717, 1.165) is 25.7 Å². The highest BCUT2D eigenvalue weighted by Crippen LogP contribution is 2.38. The minimum Gasteiger partial charge on any atom is -0.491 e. The van der Waals surface area contributed by atoms with Crippen LogP contribution in [0.1, 0.15) is 75.0 Å². The van der Waals surface area contributed by atoms with E-state index in [9.17, 15) is 17.6 Å². The van der Waals surface area contributed by atoms with Crippen LogP contribution in [0.4, 0.5) is 17.6 Å². The van der Waals surface area contributed by atoms with Crippen molar-refractivity contribution < 1.29 is 22.3 Å². The van der Waals surface area contributed by atoms with E-state index in [0.29, 0.717) is 48.3 Å². The zero-order chi connectivity index (χ0) is 24.5. The maximum atomic E-state index is 14.7. The number of hydrogen-bond donors (Lipinski definition) is 0. The van der Waals surface area contributed by atoms with Gasteiger partial charge in [0, 0.05) is 0 Å². The van der Waals surface area contributed by atoms with Gasteiger partial charge in [-0.25, -0.2) is 13.2 Å². The van der Waals surface area contributed by atoms with Crippen molar-refractivity contribution in [1.29, 1.82) is 0 Å². The first-order chi connectivity index (χ1) is 16.5. The fourth-order valence-corrected chi connectivity index (χ4v) is 4.70. The lowest BCUT2D eigenvalue weighted by Crippen LogP contribution is -2.14. The van der Waals surface area contributed by atoms with Crippen molar-refractivity contribution in [3.63, 3.8) is 0 Å². The Morgan fingerprint density at radius 2 is 1.41 bits per heavy atom. The molecule has 34 heavy (non-hydrogen) atoms. The highest BCUT2D eigenvalue weighted by atomic mass is 19.2. The van der Waals surface area contributed by atoms with Gasteiger partial charge in [0.05, 0.1) is 6.61 Å². The van der Waals surface area contributed by atoms with E-state index < -0.39 is 23.3 Å². The number of halogens is 4. The van der Waals surface area contributed by atoms with Crippen LogP contribution in [-0.2, 0) is 12.8 Å². The summed E-state index contributed by atoms with van der Waals surface area (Å²) in [6.07, 6.45) is 13.6. The van der Waals surface area contributed by atoms with E-state index in [4.69, 9.17) is 4.74 Å². The second kappa shape index (κ2) is 12.8. The van der Waals surface area contributed by atoms with Crippen LogP contribution in [0.15, 0.2) is 48.6 Å². The highest BCUT2D eigenvalue weighted by Gasteiger charge is 2.25. The zero-order valence-electron chi connectivity index (χ0n) is 20.1. The normalized spacial score (nSPS) is 18.8. The Morgan fingerprint density at radius 3 is 2.06 bits per heavy atom. The van der Waals surface area contributed by atoms with Crippen LogP contribution in [0.25, 0.3) is 0 Å². The number of hydrogen-bond acceptors (Lipinski definition) is 1. The molecular weight excluding hydrogens is 440 g/mol. The molecular formula is C29H34F4O. The monoisotopic (exact) mass is 474 g/mol. The average Bonchev–Trinajstić information content (AvgIpc) is 2.84. The van der Waals surface area contributed by atoms with E-state index in [2.05, 4.69) is 6.08 Å². The van der Waals surface area contributed by atoms with Gasteiger partial charge < -0.3 is 4.74 Å². The molecule has 184 valence electrons. The number of rotatable bonds is 10.